The van der Waals surface area contributed by atoms with E-state index in [1.807, 2.05) is 88.7 Å². The van der Waals surface area contributed by atoms with Gasteiger partial charge in [0.25, 0.3) is 5.91 Å². The summed E-state index contributed by atoms with van der Waals surface area (Å²) in [5.41, 5.74) is 2.94. The standard InChI is InChI=1S/C34H42N4O3/c1-26(35-2)32(39)36-31(21-20-27-13-6-3-7-14-27)34(41)38-23-12-19-30(38)25-37(24-22-28-15-8-4-9-16-28)33(40)29-17-10-5-11-18-29/h3-11,13-18,26,30-31,35H,12,19-25H2,1-2H3,(H,36,39)/t26-,30-,31-/m0/s1. The van der Waals surface area contributed by atoms with Gasteiger partial charge in [-0.2, -0.15) is 0 Å². The van der Waals surface area contributed by atoms with E-state index in [4.69, 9.17) is 0 Å². The van der Waals surface area contributed by atoms with E-state index < -0.39 is 12.1 Å². The van der Waals surface area contributed by atoms with Crippen molar-refractivity contribution in [3.8, 4) is 0 Å². The van der Waals surface area contributed by atoms with Gasteiger partial charge in [0.05, 0.1) is 6.04 Å². The maximum atomic E-state index is 14.0. The normalized spacial score (nSPS) is 16.1. The van der Waals surface area contributed by atoms with E-state index in [2.05, 4.69) is 22.8 Å². The molecule has 3 atom stereocenters. The third kappa shape index (κ3) is 8.51. The first-order chi connectivity index (χ1) is 20.0. The lowest BCUT2D eigenvalue weighted by atomic mass is 10.0. The van der Waals surface area contributed by atoms with Crippen molar-refractivity contribution in [3.63, 3.8) is 0 Å². The lowest BCUT2D eigenvalue weighted by molar-refractivity contribution is -0.137. The van der Waals surface area contributed by atoms with E-state index in [1.165, 1.54) is 5.56 Å². The SMILES string of the molecule is CN[C@@H](C)C(=O)N[C@@H](CCc1ccccc1)C(=O)N1CCC[C@H]1CN(CCc1ccccc1)C(=O)c1ccccc1. The highest BCUT2D eigenvalue weighted by atomic mass is 16.2. The summed E-state index contributed by atoms with van der Waals surface area (Å²) < 4.78 is 0. The first-order valence-corrected chi connectivity index (χ1v) is 14.7. The van der Waals surface area contributed by atoms with Gasteiger partial charge in [0, 0.05) is 31.2 Å². The quantitative estimate of drug-likeness (QED) is 0.334. The fourth-order valence-electron chi connectivity index (χ4n) is 5.36. The van der Waals surface area contributed by atoms with Gasteiger partial charge in [-0.05, 0) is 69.3 Å². The van der Waals surface area contributed by atoms with Crippen LogP contribution in [-0.4, -0.2) is 72.3 Å². The van der Waals surface area contributed by atoms with E-state index in [0.717, 1.165) is 24.8 Å². The molecule has 0 saturated carbocycles. The van der Waals surface area contributed by atoms with Crippen molar-refractivity contribution >= 4 is 17.7 Å². The van der Waals surface area contributed by atoms with E-state index in [-0.39, 0.29) is 23.8 Å². The number of hydrogen-bond acceptors (Lipinski definition) is 4. The Kier molecular flexibility index (Phi) is 11.1. The highest BCUT2D eigenvalue weighted by molar-refractivity contribution is 5.94. The number of nitrogens with one attached hydrogen (secondary N) is 2. The molecule has 7 nitrogen and oxygen atoms in total. The maximum absolute atomic E-state index is 14.0. The van der Waals surface area contributed by atoms with Crippen LogP contribution < -0.4 is 10.6 Å². The van der Waals surface area contributed by atoms with Gasteiger partial charge in [-0.1, -0.05) is 78.9 Å². The molecule has 1 aliphatic rings. The molecule has 3 aromatic rings. The number of carbonyl (C=O) groups is 3. The molecule has 0 aliphatic carbocycles. The lowest BCUT2D eigenvalue weighted by Crippen LogP contribution is -2.55. The molecule has 0 unspecified atom stereocenters. The largest absolute Gasteiger partial charge is 0.343 e. The van der Waals surface area contributed by atoms with Gasteiger partial charge in [0.1, 0.15) is 6.04 Å². The minimum atomic E-state index is -0.637. The average Bonchev–Trinajstić information content (AvgIpc) is 3.49. The summed E-state index contributed by atoms with van der Waals surface area (Å²) in [6.07, 6.45) is 3.61. The Hall–Kier alpha value is -3.97. The second-order valence-corrected chi connectivity index (χ2v) is 10.8. The maximum Gasteiger partial charge on any atom is 0.253 e. The van der Waals surface area contributed by atoms with Gasteiger partial charge in [0.2, 0.25) is 11.8 Å². The van der Waals surface area contributed by atoms with Crippen molar-refractivity contribution < 1.29 is 14.4 Å². The van der Waals surface area contributed by atoms with Gasteiger partial charge in [-0.15, -0.1) is 0 Å². The van der Waals surface area contributed by atoms with Crippen LogP contribution in [-0.2, 0) is 22.4 Å². The number of likely N-dealkylation sites (N-methyl/N-ethyl adjacent to an activating group) is 1. The molecule has 1 fully saturated rings. The topological polar surface area (TPSA) is 81.8 Å². The summed E-state index contributed by atoms with van der Waals surface area (Å²) >= 11 is 0. The molecule has 0 bridgehead atoms. The number of amides is 3. The summed E-state index contributed by atoms with van der Waals surface area (Å²) in [4.78, 5) is 44.3. The van der Waals surface area contributed by atoms with E-state index in [0.29, 0.717) is 38.0 Å². The molecule has 1 aliphatic heterocycles. The molecule has 41 heavy (non-hydrogen) atoms. The highest BCUT2D eigenvalue weighted by Gasteiger charge is 2.36. The van der Waals surface area contributed by atoms with Crippen LogP contribution in [0.1, 0.15) is 47.7 Å². The summed E-state index contributed by atoms with van der Waals surface area (Å²) in [5.74, 6) is -0.300. The third-order valence-electron chi connectivity index (χ3n) is 7.92. The van der Waals surface area contributed by atoms with Crippen LogP contribution in [0.15, 0.2) is 91.0 Å². The first kappa shape index (κ1) is 30.0. The number of aryl methyl sites for hydroxylation is 1. The predicted molar refractivity (Wildman–Crippen MR) is 162 cm³/mol. The van der Waals surface area contributed by atoms with Crippen LogP contribution in [0.5, 0.6) is 0 Å². The van der Waals surface area contributed by atoms with Crippen molar-refractivity contribution in [1.82, 2.24) is 20.4 Å². The van der Waals surface area contributed by atoms with Crippen LogP contribution >= 0.6 is 0 Å². The van der Waals surface area contributed by atoms with Crippen LogP contribution in [0.25, 0.3) is 0 Å². The zero-order valence-corrected chi connectivity index (χ0v) is 24.2. The van der Waals surface area contributed by atoms with E-state index in [9.17, 15) is 14.4 Å². The van der Waals surface area contributed by atoms with Crippen molar-refractivity contribution in [1.29, 1.82) is 0 Å². The Morgan fingerprint density at radius 1 is 0.878 bits per heavy atom. The summed E-state index contributed by atoms with van der Waals surface area (Å²) in [6, 6.07) is 28.4. The molecule has 3 amide bonds. The number of nitrogens with zero attached hydrogens (tertiary/aromatic N) is 2. The number of likely N-dealkylation sites (tertiary alicyclic amines) is 1. The minimum Gasteiger partial charge on any atom is -0.343 e. The first-order valence-electron chi connectivity index (χ1n) is 14.7. The smallest absolute Gasteiger partial charge is 0.253 e. The number of carbonyl (C=O) groups excluding carboxylic acids is 3. The Balaban J connectivity index is 1.50. The summed E-state index contributed by atoms with van der Waals surface area (Å²) in [6.45, 7) is 3.42. The fraction of sp³-hybridized carbons (Fsp3) is 0.382. The molecule has 2 N–H and O–H groups in total. The average molecular weight is 555 g/mol. The third-order valence-corrected chi connectivity index (χ3v) is 7.92. The molecular formula is C34H42N4O3. The predicted octanol–water partition coefficient (Wildman–Crippen LogP) is 4.09. The zero-order chi connectivity index (χ0) is 29.0. The Labute approximate surface area is 243 Å². The van der Waals surface area contributed by atoms with Gasteiger partial charge < -0.3 is 20.4 Å². The molecular weight excluding hydrogens is 512 g/mol. The highest BCUT2D eigenvalue weighted by Crippen LogP contribution is 2.22. The molecule has 216 valence electrons. The van der Waals surface area contributed by atoms with Crippen molar-refractivity contribution in [2.75, 3.05) is 26.7 Å². The molecule has 7 heteroatoms. The van der Waals surface area contributed by atoms with Crippen LogP contribution in [0.2, 0.25) is 0 Å². The Bertz CT molecular complexity index is 1250. The Morgan fingerprint density at radius 3 is 2.07 bits per heavy atom. The lowest BCUT2D eigenvalue weighted by Gasteiger charge is -2.33. The zero-order valence-electron chi connectivity index (χ0n) is 24.2. The van der Waals surface area contributed by atoms with Gasteiger partial charge in [0.15, 0.2) is 0 Å². The minimum absolute atomic E-state index is 0.0300. The van der Waals surface area contributed by atoms with Gasteiger partial charge in [-0.3, -0.25) is 14.4 Å². The monoisotopic (exact) mass is 554 g/mol. The Morgan fingerprint density at radius 2 is 1.46 bits per heavy atom. The molecule has 3 aromatic carbocycles. The molecule has 0 spiro atoms. The second kappa shape index (κ2) is 15.1. The number of benzene rings is 3. The second-order valence-electron chi connectivity index (χ2n) is 10.8. The number of rotatable bonds is 13. The summed E-state index contributed by atoms with van der Waals surface area (Å²) in [7, 11) is 1.73. The fourth-order valence-corrected chi connectivity index (χ4v) is 5.36. The van der Waals surface area contributed by atoms with Crippen LogP contribution in [0.4, 0.5) is 0 Å². The van der Waals surface area contributed by atoms with Crippen LogP contribution in [0, 0.1) is 0 Å². The number of hydrogen-bond donors (Lipinski definition) is 2. The van der Waals surface area contributed by atoms with Crippen molar-refractivity contribution in [2.24, 2.45) is 0 Å². The molecule has 1 heterocycles. The molecule has 0 radical (unpaired) electrons. The van der Waals surface area contributed by atoms with Crippen LogP contribution in [0.3, 0.4) is 0 Å². The summed E-state index contributed by atoms with van der Waals surface area (Å²) in [5, 5.41) is 5.97. The van der Waals surface area contributed by atoms with Crippen molar-refractivity contribution in [3.05, 3.63) is 108 Å². The van der Waals surface area contributed by atoms with E-state index >= 15 is 0 Å². The molecule has 0 aromatic heterocycles. The van der Waals surface area contributed by atoms with Gasteiger partial charge >= 0.3 is 0 Å². The van der Waals surface area contributed by atoms with Crippen molar-refractivity contribution in [2.45, 2.75) is 57.2 Å². The van der Waals surface area contributed by atoms with E-state index in [1.54, 1.807) is 14.0 Å². The molecule has 1 saturated heterocycles. The molecule has 4 rings (SSSR count). The van der Waals surface area contributed by atoms with Gasteiger partial charge in [-0.25, -0.2) is 0 Å².